The third-order valence-electron chi connectivity index (χ3n) is 2.87. The van der Waals surface area contributed by atoms with Crippen molar-refractivity contribution < 1.29 is 23.8 Å². The molecular formula is C16H19N3O5. The molecule has 8 nitrogen and oxygen atoms in total. The monoisotopic (exact) mass is 333 g/mol. The second-order valence-corrected chi connectivity index (χ2v) is 5.09. The van der Waals surface area contributed by atoms with Crippen LogP contribution in [0.15, 0.2) is 24.3 Å². The molecule has 1 aromatic heterocycles. The van der Waals surface area contributed by atoms with E-state index < -0.39 is 11.9 Å². The summed E-state index contributed by atoms with van der Waals surface area (Å²) in [7, 11) is 0. The predicted octanol–water partition coefficient (Wildman–Crippen LogP) is 1.98. The van der Waals surface area contributed by atoms with E-state index in [4.69, 9.17) is 14.2 Å². The Kier molecular flexibility index (Phi) is 5.89. The van der Waals surface area contributed by atoms with E-state index >= 15 is 0 Å². The Balaban J connectivity index is 2.04. The van der Waals surface area contributed by atoms with Crippen LogP contribution in [0.3, 0.4) is 0 Å². The number of hydrogen-bond donors (Lipinski definition) is 1. The number of ether oxygens (including phenoxy) is 3. The van der Waals surface area contributed by atoms with Gasteiger partial charge in [0.1, 0.15) is 11.4 Å². The average Bonchev–Trinajstić information content (AvgIpc) is 3.03. The summed E-state index contributed by atoms with van der Waals surface area (Å²) in [6, 6.07) is 6.76. The molecule has 0 saturated carbocycles. The van der Waals surface area contributed by atoms with Gasteiger partial charge >= 0.3 is 11.9 Å². The van der Waals surface area contributed by atoms with Crippen LogP contribution < -0.4 is 4.74 Å². The highest BCUT2D eigenvalue weighted by molar-refractivity contribution is 5.93. The molecule has 0 fully saturated rings. The number of esters is 2. The van der Waals surface area contributed by atoms with Gasteiger partial charge in [-0.3, -0.25) is 0 Å². The van der Waals surface area contributed by atoms with Crippen molar-refractivity contribution in [2.45, 2.75) is 26.9 Å². The van der Waals surface area contributed by atoms with E-state index in [9.17, 15) is 9.59 Å². The summed E-state index contributed by atoms with van der Waals surface area (Å²) in [5, 5.41) is 10.2. The summed E-state index contributed by atoms with van der Waals surface area (Å²) in [4.78, 5) is 23.3. The lowest BCUT2D eigenvalue weighted by atomic mass is 10.1. The quantitative estimate of drug-likeness (QED) is 0.773. The van der Waals surface area contributed by atoms with Gasteiger partial charge < -0.3 is 14.2 Å². The van der Waals surface area contributed by atoms with Crippen LogP contribution in [0.25, 0.3) is 11.3 Å². The van der Waals surface area contributed by atoms with Crippen molar-refractivity contribution in [1.29, 1.82) is 0 Å². The molecule has 0 aliphatic carbocycles. The van der Waals surface area contributed by atoms with E-state index in [0.29, 0.717) is 17.0 Å². The molecule has 2 rings (SSSR count). The van der Waals surface area contributed by atoms with Gasteiger partial charge in [-0.15, -0.1) is 5.10 Å². The average molecular weight is 333 g/mol. The molecule has 1 N–H and O–H groups in total. The first-order chi connectivity index (χ1) is 11.5. The van der Waals surface area contributed by atoms with Crippen LogP contribution in [-0.4, -0.2) is 46.7 Å². The number of carbonyl (C=O) groups excluding carboxylic acids is 2. The molecule has 1 aromatic carbocycles. The number of aromatic amines is 1. The van der Waals surface area contributed by atoms with Gasteiger partial charge in [0.2, 0.25) is 0 Å². The number of hydrogen-bond acceptors (Lipinski definition) is 7. The fourth-order valence-corrected chi connectivity index (χ4v) is 1.92. The Morgan fingerprint density at radius 2 is 1.88 bits per heavy atom. The van der Waals surface area contributed by atoms with E-state index in [1.165, 1.54) is 0 Å². The number of H-pyrrole nitrogens is 1. The highest BCUT2D eigenvalue weighted by atomic mass is 16.6. The van der Waals surface area contributed by atoms with Crippen LogP contribution >= 0.6 is 0 Å². The Morgan fingerprint density at radius 3 is 2.50 bits per heavy atom. The summed E-state index contributed by atoms with van der Waals surface area (Å²) < 4.78 is 15.3. The molecule has 24 heavy (non-hydrogen) atoms. The van der Waals surface area contributed by atoms with Crippen molar-refractivity contribution in [3.8, 4) is 17.0 Å². The number of nitrogens with one attached hydrogen (secondary N) is 1. The lowest BCUT2D eigenvalue weighted by molar-refractivity contribution is -0.149. The fourth-order valence-electron chi connectivity index (χ4n) is 1.92. The highest BCUT2D eigenvalue weighted by Gasteiger charge is 2.19. The summed E-state index contributed by atoms with van der Waals surface area (Å²) in [5.41, 5.74) is 1.18. The predicted molar refractivity (Wildman–Crippen MR) is 84.5 cm³/mol. The zero-order valence-corrected chi connectivity index (χ0v) is 13.7. The summed E-state index contributed by atoms with van der Waals surface area (Å²) in [6.07, 6.45) is -0.183. The maximum absolute atomic E-state index is 11.8. The number of aromatic nitrogens is 3. The standard InChI is InChI=1S/C16H19N3O5/c1-4-22-16(21)15-14(17-19-18-15)11-5-7-12(8-6-11)23-9-13(20)24-10(2)3/h5-8,10H,4,9H2,1-3H3,(H,17,18,19). The van der Waals surface area contributed by atoms with Gasteiger partial charge in [-0.25, -0.2) is 9.59 Å². The number of nitrogens with zero attached hydrogens (tertiary/aromatic N) is 2. The number of rotatable bonds is 7. The summed E-state index contributed by atoms with van der Waals surface area (Å²) >= 11 is 0. The van der Waals surface area contributed by atoms with Crippen molar-refractivity contribution in [3.63, 3.8) is 0 Å². The molecule has 0 saturated heterocycles. The van der Waals surface area contributed by atoms with Gasteiger partial charge in [-0.05, 0) is 45.0 Å². The Hall–Kier alpha value is -2.90. The van der Waals surface area contributed by atoms with E-state index in [2.05, 4.69) is 15.4 Å². The fraction of sp³-hybridized carbons (Fsp3) is 0.375. The first-order valence-electron chi connectivity index (χ1n) is 7.51. The van der Waals surface area contributed by atoms with Crippen LogP contribution in [0.5, 0.6) is 5.75 Å². The maximum Gasteiger partial charge on any atom is 0.361 e. The number of benzene rings is 1. The van der Waals surface area contributed by atoms with Crippen molar-refractivity contribution in [3.05, 3.63) is 30.0 Å². The molecule has 128 valence electrons. The van der Waals surface area contributed by atoms with Gasteiger partial charge in [0, 0.05) is 5.56 Å². The first-order valence-corrected chi connectivity index (χ1v) is 7.51. The van der Waals surface area contributed by atoms with E-state index in [1.54, 1.807) is 45.0 Å². The van der Waals surface area contributed by atoms with Gasteiger partial charge in [-0.2, -0.15) is 10.3 Å². The first kappa shape index (κ1) is 17.5. The third kappa shape index (κ3) is 4.55. The zero-order valence-electron chi connectivity index (χ0n) is 13.7. The lowest BCUT2D eigenvalue weighted by Gasteiger charge is -2.09. The van der Waals surface area contributed by atoms with Crippen molar-refractivity contribution in [1.82, 2.24) is 15.4 Å². The van der Waals surface area contributed by atoms with Crippen LogP contribution in [0.2, 0.25) is 0 Å². The minimum Gasteiger partial charge on any atom is -0.482 e. The van der Waals surface area contributed by atoms with E-state index in [-0.39, 0.29) is 25.0 Å². The Bertz CT molecular complexity index is 694. The normalized spacial score (nSPS) is 10.5. The molecule has 0 amide bonds. The molecule has 0 spiro atoms. The molecule has 0 aliphatic rings. The molecule has 0 bridgehead atoms. The zero-order chi connectivity index (χ0) is 17.5. The van der Waals surface area contributed by atoms with Gasteiger partial charge in [0.05, 0.1) is 12.7 Å². The Morgan fingerprint density at radius 1 is 1.17 bits per heavy atom. The van der Waals surface area contributed by atoms with E-state index in [0.717, 1.165) is 0 Å². The van der Waals surface area contributed by atoms with Crippen LogP contribution in [-0.2, 0) is 14.3 Å². The molecule has 2 aromatic rings. The van der Waals surface area contributed by atoms with Gasteiger partial charge in [-0.1, -0.05) is 0 Å². The van der Waals surface area contributed by atoms with Crippen LogP contribution in [0.1, 0.15) is 31.3 Å². The molecule has 8 heteroatoms. The third-order valence-corrected chi connectivity index (χ3v) is 2.87. The maximum atomic E-state index is 11.8. The van der Waals surface area contributed by atoms with Crippen molar-refractivity contribution >= 4 is 11.9 Å². The molecule has 0 unspecified atom stereocenters. The Labute approximate surface area is 139 Å². The molecule has 0 radical (unpaired) electrons. The SMILES string of the molecule is CCOC(=O)c1n[nH]nc1-c1ccc(OCC(=O)OC(C)C)cc1. The topological polar surface area (TPSA) is 103 Å². The van der Waals surface area contributed by atoms with Crippen LogP contribution in [0, 0.1) is 0 Å². The summed E-state index contributed by atoms with van der Waals surface area (Å²) in [6.45, 7) is 5.34. The van der Waals surface area contributed by atoms with Crippen molar-refractivity contribution in [2.75, 3.05) is 13.2 Å². The smallest absolute Gasteiger partial charge is 0.361 e. The summed E-state index contributed by atoms with van der Waals surface area (Å²) in [5.74, 6) is -0.478. The molecule has 0 aliphatic heterocycles. The number of carbonyl (C=O) groups is 2. The second kappa shape index (κ2) is 8.09. The minimum atomic E-state index is -0.544. The van der Waals surface area contributed by atoms with Crippen molar-refractivity contribution in [2.24, 2.45) is 0 Å². The second-order valence-electron chi connectivity index (χ2n) is 5.09. The van der Waals surface area contributed by atoms with Crippen LogP contribution in [0.4, 0.5) is 0 Å². The molecule has 0 atom stereocenters. The molecular weight excluding hydrogens is 314 g/mol. The van der Waals surface area contributed by atoms with Gasteiger partial charge in [0.25, 0.3) is 0 Å². The minimum absolute atomic E-state index is 0.117. The highest BCUT2D eigenvalue weighted by Crippen LogP contribution is 2.23. The molecule has 1 heterocycles. The van der Waals surface area contributed by atoms with E-state index in [1.807, 2.05) is 0 Å². The lowest BCUT2D eigenvalue weighted by Crippen LogP contribution is -2.18. The van der Waals surface area contributed by atoms with Gasteiger partial charge in [0.15, 0.2) is 12.3 Å². The largest absolute Gasteiger partial charge is 0.482 e.